The fraction of sp³-hybridized carbons (Fsp3) is 0.333. The Morgan fingerprint density at radius 1 is 0.783 bits per heavy atom. The molecule has 4 aromatic heterocycles. The molecule has 5 rings (SSSR count). The van der Waals surface area contributed by atoms with E-state index in [1.54, 1.807) is 64.8 Å². The van der Waals surface area contributed by atoms with Crippen molar-refractivity contribution < 1.29 is 9.85 Å². The number of aromatic amines is 2. The fourth-order valence-electron chi connectivity index (χ4n) is 5.07. The van der Waals surface area contributed by atoms with E-state index in [2.05, 4.69) is 30.6 Å². The molecule has 0 saturated heterocycles. The third-order valence-electron chi connectivity index (χ3n) is 7.44. The number of aryl methyl sites for hydroxylation is 3. The van der Waals surface area contributed by atoms with Gasteiger partial charge in [0.25, 0.3) is 0 Å². The van der Waals surface area contributed by atoms with Gasteiger partial charge in [0, 0.05) is 71.9 Å². The Hall–Kier alpha value is -4.70. The zero-order chi connectivity index (χ0) is 32.6. The number of H-pyrrole nitrogens is 2. The monoisotopic (exact) mass is 664 g/mol. The Morgan fingerprint density at radius 2 is 1.30 bits per heavy atom. The number of anilines is 2. The van der Waals surface area contributed by atoms with E-state index in [0.29, 0.717) is 53.6 Å². The van der Waals surface area contributed by atoms with Crippen LogP contribution in [-0.4, -0.2) is 63.7 Å². The van der Waals surface area contributed by atoms with E-state index in [1.165, 1.54) is 0 Å². The molecule has 0 amide bonds. The molecule has 4 N–H and O–H groups in total. The van der Waals surface area contributed by atoms with Crippen molar-refractivity contribution in [3.8, 4) is 0 Å². The molecule has 0 fully saturated rings. The molecule has 1 aromatic carbocycles. The fourth-order valence-corrected chi connectivity index (χ4v) is 6.82. The maximum Gasteiger partial charge on any atom is 0.316 e. The number of rotatable bonds is 17. The van der Waals surface area contributed by atoms with Crippen LogP contribution in [0.5, 0.6) is 0 Å². The molecule has 242 valence electrons. The van der Waals surface area contributed by atoms with E-state index in [4.69, 9.17) is 0 Å². The van der Waals surface area contributed by atoms with Crippen LogP contribution >= 0.6 is 23.5 Å². The number of imidazole rings is 2. The number of hydrogen-bond acceptors (Lipinski definition) is 10. The van der Waals surface area contributed by atoms with E-state index in [1.807, 2.05) is 44.2 Å². The van der Waals surface area contributed by atoms with Crippen LogP contribution in [0, 0.1) is 41.0 Å². The highest BCUT2D eigenvalue weighted by molar-refractivity contribution is 7.98. The molecule has 0 radical (unpaired) electrons. The Kier molecular flexibility index (Phi) is 10.7. The molecule has 0 aliphatic heterocycles. The van der Waals surface area contributed by atoms with Crippen molar-refractivity contribution in [1.82, 2.24) is 29.3 Å². The van der Waals surface area contributed by atoms with Crippen molar-refractivity contribution in [2.45, 2.75) is 38.7 Å². The minimum atomic E-state index is -0.419. The van der Waals surface area contributed by atoms with Gasteiger partial charge < -0.3 is 20.6 Å². The summed E-state index contributed by atoms with van der Waals surface area (Å²) in [6.07, 6.45) is 6.97. The van der Waals surface area contributed by atoms with Crippen molar-refractivity contribution >= 4 is 46.5 Å². The Morgan fingerprint density at radius 3 is 1.80 bits per heavy atom. The Labute approximate surface area is 274 Å². The van der Waals surface area contributed by atoms with Gasteiger partial charge >= 0.3 is 11.4 Å². The van der Waals surface area contributed by atoms with Crippen molar-refractivity contribution in [2.24, 2.45) is 0 Å². The SMILES string of the molecule is Cc1cn(-n2cc(Cc3ccccc3)c([N+](=O)[O-])c2NCCSCc2nc[nH]c2C)c(NCCSCc2nc[nH]c2C)c1[N+](=O)[O-]. The summed E-state index contributed by atoms with van der Waals surface area (Å²) in [6.45, 7) is 6.46. The van der Waals surface area contributed by atoms with Gasteiger partial charge in [0.15, 0.2) is 0 Å². The Balaban J connectivity index is 1.43. The number of aromatic nitrogens is 6. The number of nitro groups is 2. The molecule has 46 heavy (non-hydrogen) atoms. The predicted molar refractivity (Wildman–Crippen MR) is 183 cm³/mol. The summed E-state index contributed by atoms with van der Waals surface area (Å²) in [5, 5.41) is 31.3. The lowest BCUT2D eigenvalue weighted by molar-refractivity contribution is -0.384. The number of nitrogens with zero attached hydrogens (tertiary/aromatic N) is 6. The van der Waals surface area contributed by atoms with Crippen molar-refractivity contribution in [1.29, 1.82) is 0 Å². The minimum Gasteiger partial charge on any atom is -0.364 e. The van der Waals surface area contributed by atoms with Crippen LogP contribution in [0.25, 0.3) is 0 Å². The smallest absolute Gasteiger partial charge is 0.316 e. The second-order valence-electron chi connectivity index (χ2n) is 10.6. The lowest BCUT2D eigenvalue weighted by Crippen LogP contribution is -2.18. The molecular formula is C30H36N10O4S2. The second kappa shape index (κ2) is 15.1. The molecule has 0 atom stereocenters. The molecule has 5 aromatic rings. The summed E-state index contributed by atoms with van der Waals surface area (Å²) in [5.41, 5.74) is 5.64. The van der Waals surface area contributed by atoms with Crippen LogP contribution < -0.4 is 10.6 Å². The number of hydrogen-bond donors (Lipinski definition) is 4. The Bertz CT molecular complexity index is 1790. The van der Waals surface area contributed by atoms with Crippen LogP contribution in [0.3, 0.4) is 0 Å². The first-order valence-electron chi connectivity index (χ1n) is 14.6. The summed E-state index contributed by atoms with van der Waals surface area (Å²) >= 11 is 3.31. The highest BCUT2D eigenvalue weighted by atomic mass is 32.2. The summed E-state index contributed by atoms with van der Waals surface area (Å²) < 4.78 is 3.21. The summed E-state index contributed by atoms with van der Waals surface area (Å²) in [6, 6.07) is 9.51. The van der Waals surface area contributed by atoms with E-state index in [0.717, 1.165) is 28.3 Å². The van der Waals surface area contributed by atoms with Crippen LogP contribution in [0.2, 0.25) is 0 Å². The molecule has 0 bridgehead atoms. The molecule has 0 unspecified atom stereocenters. The van der Waals surface area contributed by atoms with Crippen LogP contribution in [0.4, 0.5) is 23.0 Å². The normalized spacial score (nSPS) is 11.2. The van der Waals surface area contributed by atoms with E-state index < -0.39 is 4.92 Å². The molecule has 0 saturated carbocycles. The summed E-state index contributed by atoms with van der Waals surface area (Å²) in [7, 11) is 0. The lowest BCUT2D eigenvalue weighted by atomic mass is 10.1. The average Bonchev–Trinajstić information content (AvgIpc) is 3.79. The summed E-state index contributed by atoms with van der Waals surface area (Å²) in [5.74, 6) is 3.23. The van der Waals surface area contributed by atoms with E-state index in [9.17, 15) is 20.2 Å². The maximum atomic E-state index is 12.6. The van der Waals surface area contributed by atoms with Gasteiger partial charge in [-0.15, -0.1) is 0 Å². The van der Waals surface area contributed by atoms with Gasteiger partial charge in [-0.25, -0.2) is 19.3 Å². The quantitative estimate of drug-likeness (QED) is 0.0518. The standard InChI is InChI=1S/C30H36N10O4S2/c1-20-14-37(29(27(20)39(41)42)31-9-11-45-16-25-21(2)33-18-35-25)38-15-24(13-23-7-5-4-6-8-23)28(40(43)44)30(38)32-10-12-46-17-26-22(3)34-19-36-26/h4-8,14-15,18-19,31-32H,9-13,16-17H2,1-3H3,(H,33,35)(H,34,36). The zero-order valence-corrected chi connectivity index (χ0v) is 27.4. The molecule has 0 aliphatic rings. The minimum absolute atomic E-state index is 0.0677. The zero-order valence-electron chi connectivity index (χ0n) is 25.8. The van der Waals surface area contributed by atoms with Gasteiger partial charge in [-0.2, -0.15) is 23.5 Å². The average molecular weight is 665 g/mol. The number of thioether (sulfide) groups is 2. The van der Waals surface area contributed by atoms with Crippen LogP contribution in [-0.2, 0) is 17.9 Å². The highest BCUT2D eigenvalue weighted by Crippen LogP contribution is 2.37. The third kappa shape index (κ3) is 7.56. The van der Waals surface area contributed by atoms with E-state index >= 15 is 0 Å². The van der Waals surface area contributed by atoms with Crippen LogP contribution in [0.1, 0.15) is 39.5 Å². The van der Waals surface area contributed by atoms with E-state index in [-0.39, 0.29) is 27.9 Å². The molecule has 16 heteroatoms. The van der Waals surface area contributed by atoms with Gasteiger partial charge in [-0.05, 0) is 26.3 Å². The largest absolute Gasteiger partial charge is 0.364 e. The molecule has 0 aliphatic carbocycles. The summed E-state index contributed by atoms with van der Waals surface area (Å²) in [4.78, 5) is 38.8. The van der Waals surface area contributed by atoms with Crippen molar-refractivity contribution in [3.63, 3.8) is 0 Å². The molecule has 4 heterocycles. The lowest BCUT2D eigenvalue weighted by Gasteiger charge is -2.15. The molecule has 14 nitrogen and oxygen atoms in total. The number of nitrogens with one attached hydrogen (secondary N) is 4. The van der Waals surface area contributed by atoms with Crippen LogP contribution in [0.15, 0.2) is 55.4 Å². The first-order chi connectivity index (χ1) is 22.2. The highest BCUT2D eigenvalue weighted by Gasteiger charge is 2.31. The topological polar surface area (TPSA) is 178 Å². The first-order valence-corrected chi connectivity index (χ1v) is 17.0. The first kappa shape index (κ1) is 32.7. The van der Waals surface area contributed by atoms with Gasteiger partial charge in [0.2, 0.25) is 11.6 Å². The van der Waals surface area contributed by atoms with Crippen molar-refractivity contribution in [2.75, 3.05) is 35.2 Å². The van der Waals surface area contributed by atoms with Gasteiger partial charge in [0.05, 0.1) is 39.5 Å². The van der Waals surface area contributed by atoms with Crippen molar-refractivity contribution in [3.05, 3.63) is 115 Å². The maximum absolute atomic E-state index is 12.6. The third-order valence-corrected chi connectivity index (χ3v) is 9.38. The molecular weight excluding hydrogens is 629 g/mol. The van der Waals surface area contributed by atoms with Gasteiger partial charge in [0.1, 0.15) is 0 Å². The van der Waals surface area contributed by atoms with Gasteiger partial charge in [-0.3, -0.25) is 20.2 Å². The predicted octanol–water partition coefficient (Wildman–Crippen LogP) is 6.07. The second-order valence-corrected chi connectivity index (χ2v) is 12.8. The molecule has 0 spiro atoms. The van der Waals surface area contributed by atoms with Gasteiger partial charge in [-0.1, -0.05) is 30.3 Å². The number of benzene rings is 1.